The van der Waals surface area contributed by atoms with Crippen LogP contribution in [0.2, 0.25) is 0 Å². The van der Waals surface area contributed by atoms with Crippen molar-refractivity contribution in [2.45, 2.75) is 24.9 Å². The number of nitrogens with zero attached hydrogens (tertiary/aromatic N) is 4. The van der Waals surface area contributed by atoms with Gasteiger partial charge in [0.15, 0.2) is 5.78 Å². The van der Waals surface area contributed by atoms with E-state index in [0.29, 0.717) is 35.4 Å². The Morgan fingerprint density at radius 2 is 2.35 bits per heavy atom. The third-order valence-corrected chi connectivity index (χ3v) is 4.14. The number of aromatic nitrogens is 4. The van der Waals surface area contributed by atoms with Crippen molar-refractivity contribution in [1.29, 1.82) is 0 Å². The molecule has 0 saturated carbocycles. The van der Waals surface area contributed by atoms with Gasteiger partial charge in [0.25, 0.3) is 5.78 Å². The van der Waals surface area contributed by atoms with Gasteiger partial charge in [0.05, 0.1) is 17.9 Å². The molecule has 3 rings (SSSR count). The Kier molecular flexibility index (Phi) is 3.71. The minimum absolute atomic E-state index is 0.150. The molecular formula is C13H16N4O2S. The average molecular weight is 292 g/mol. The molecule has 2 aromatic rings. The van der Waals surface area contributed by atoms with Gasteiger partial charge in [-0.2, -0.15) is 9.50 Å². The predicted molar refractivity (Wildman–Crippen MR) is 75.2 cm³/mol. The monoisotopic (exact) mass is 292 g/mol. The van der Waals surface area contributed by atoms with Crippen molar-refractivity contribution < 1.29 is 9.53 Å². The summed E-state index contributed by atoms with van der Waals surface area (Å²) in [5.74, 6) is 1.85. The third-order valence-electron chi connectivity index (χ3n) is 3.34. The SMILES string of the molecule is COCCSc1nc2ncc3c(n2n1)CC(C)CC3=O. The van der Waals surface area contributed by atoms with Gasteiger partial charge < -0.3 is 4.74 Å². The minimum Gasteiger partial charge on any atom is -0.384 e. The Morgan fingerprint density at radius 3 is 3.15 bits per heavy atom. The Morgan fingerprint density at radius 1 is 1.50 bits per heavy atom. The normalized spacial score (nSPS) is 18.5. The molecule has 0 aromatic carbocycles. The molecule has 2 aromatic heterocycles. The zero-order valence-electron chi connectivity index (χ0n) is 11.5. The first kappa shape index (κ1) is 13.5. The van der Waals surface area contributed by atoms with Crippen LogP contribution in [0.3, 0.4) is 0 Å². The van der Waals surface area contributed by atoms with E-state index in [4.69, 9.17) is 4.74 Å². The number of carbonyl (C=O) groups excluding carboxylic acids is 1. The second kappa shape index (κ2) is 5.49. The summed E-state index contributed by atoms with van der Waals surface area (Å²) in [4.78, 5) is 20.7. The summed E-state index contributed by atoms with van der Waals surface area (Å²) in [6.07, 6.45) is 3.06. The van der Waals surface area contributed by atoms with Gasteiger partial charge in [-0.05, 0) is 12.3 Å². The number of thioether (sulfide) groups is 1. The zero-order valence-corrected chi connectivity index (χ0v) is 12.3. The molecule has 0 spiro atoms. The molecule has 0 fully saturated rings. The van der Waals surface area contributed by atoms with Crippen molar-refractivity contribution in [3.8, 4) is 0 Å². The van der Waals surface area contributed by atoms with Crippen molar-refractivity contribution >= 4 is 23.3 Å². The molecule has 1 atom stereocenters. The van der Waals surface area contributed by atoms with Crippen molar-refractivity contribution in [3.05, 3.63) is 17.5 Å². The maximum Gasteiger partial charge on any atom is 0.253 e. The van der Waals surface area contributed by atoms with E-state index in [1.54, 1.807) is 17.8 Å². The molecule has 0 amide bonds. The smallest absolute Gasteiger partial charge is 0.253 e. The largest absolute Gasteiger partial charge is 0.384 e. The number of carbonyl (C=O) groups is 1. The average Bonchev–Trinajstić information content (AvgIpc) is 2.82. The quantitative estimate of drug-likeness (QED) is 0.630. The van der Waals surface area contributed by atoms with E-state index in [-0.39, 0.29) is 5.78 Å². The van der Waals surface area contributed by atoms with Gasteiger partial charge >= 0.3 is 0 Å². The number of ether oxygens (including phenoxy) is 1. The summed E-state index contributed by atoms with van der Waals surface area (Å²) < 4.78 is 6.73. The summed E-state index contributed by atoms with van der Waals surface area (Å²) in [7, 11) is 1.67. The van der Waals surface area contributed by atoms with Crippen LogP contribution in [-0.4, -0.2) is 44.8 Å². The first-order valence-electron chi connectivity index (χ1n) is 6.58. The maximum absolute atomic E-state index is 12.0. The van der Waals surface area contributed by atoms with E-state index in [9.17, 15) is 4.79 Å². The lowest BCUT2D eigenvalue weighted by molar-refractivity contribution is 0.0951. The Balaban J connectivity index is 1.98. The highest BCUT2D eigenvalue weighted by atomic mass is 32.2. The van der Waals surface area contributed by atoms with E-state index in [0.717, 1.165) is 17.9 Å². The van der Waals surface area contributed by atoms with Gasteiger partial charge in [0, 0.05) is 25.5 Å². The van der Waals surface area contributed by atoms with Crippen LogP contribution in [0.15, 0.2) is 11.4 Å². The summed E-state index contributed by atoms with van der Waals surface area (Å²) in [6, 6.07) is 0. The van der Waals surface area contributed by atoms with Gasteiger partial charge in [-0.25, -0.2) is 4.98 Å². The molecule has 0 N–H and O–H groups in total. The fourth-order valence-corrected chi connectivity index (χ4v) is 3.11. The van der Waals surface area contributed by atoms with Crippen LogP contribution in [0, 0.1) is 5.92 Å². The van der Waals surface area contributed by atoms with Gasteiger partial charge in [0.2, 0.25) is 5.16 Å². The molecule has 2 heterocycles. The third kappa shape index (κ3) is 2.43. The summed E-state index contributed by atoms with van der Waals surface area (Å²) in [5.41, 5.74) is 1.62. The fraction of sp³-hybridized carbons (Fsp3) is 0.538. The van der Waals surface area contributed by atoms with Crippen LogP contribution in [-0.2, 0) is 11.2 Å². The molecule has 1 unspecified atom stereocenters. The van der Waals surface area contributed by atoms with Gasteiger partial charge in [-0.3, -0.25) is 4.79 Å². The van der Waals surface area contributed by atoms with Crippen molar-refractivity contribution in [1.82, 2.24) is 19.6 Å². The van der Waals surface area contributed by atoms with Crippen LogP contribution in [0.4, 0.5) is 0 Å². The Bertz CT molecular complexity index is 655. The number of Topliss-reactive ketones (excluding diaryl/α,β-unsaturated/α-hetero) is 1. The second-order valence-corrected chi connectivity index (χ2v) is 6.06. The predicted octanol–water partition coefficient (Wildman–Crippen LogP) is 1.63. The van der Waals surface area contributed by atoms with Crippen LogP contribution in [0.5, 0.6) is 0 Å². The number of rotatable bonds is 4. The van der Waals surface area contributed by atoms with E-state index >= 15 is 0 Å². The standard InChI is InChI=1S/C13H16N4O2S/c1-8-5-10-9(11(18)6-8)7-14-12-15-13(16-17(10)12)20-4-3-19-2/h7-8H,3-6H2,1-2H3. The number of methoxy groups -OCH3 is 1. The van der Waals surface area contributed by atoms with E-state index in [1.165, 1.54) is 11.8 Å². The highest BCUT2D eigenvalue weighted by Crippen LogP contribution is 2.25. The molecule has 106 valence electrons. The van der Waals surface area contributed by atoms with Crippen LogP contribution in [0.25, 0.3) is 5.78 Å². The molecule has 0 radical (unpaired) electrons. The maximum atomic E-state index is 12.0. The number of hydrogen-bond acceptors (Lipinski definition) is 6. The fourth-order valence-electron chi connectivity index (χ4n) is 2.40. The van der Waals surface area contributed by atoms with Gasteiger partial charge in [-0.1, -0.05) is 18.7 Å². The van der Waals surface area contributed by atoms with Crippen LogP contribution >= 0.6 is 11.8 Å². The topological polar surface area (TPSA) is 69.4 Å². The summed E-state index contributed by atoms with van der Waals surface area (Å²) in [5, 5.41) is 5.14. The highest BCUT2D eigenvalue weighted by molar-refractivity contribution is 7.99. The van der Waals surface area contributed by atoms with Crippen molar-refractivity contribution in [2.75, 3.05) is 19.5 Å². The Labute approximate surface area is 120 Å². The van der Waals surface area contributed by atoms with Crippen LogP contribution < -0.4 is 0 Å². The molecular weight excluding hydrogens is 276 g/mol. The van der Waals surface area contributed by atoms with E-state index < -0.39 is 0 Å². The Hall–Kier alpha value is -1.47. The minimum atomic E-state index is 0.150. The molecule has 0 aliphatic heterocycles. The van der Waals surface area contributed by atoms with Gasteiger partial charge in [0.1, 0.15) is 0 Å². The second-order valence-electron chi connectivity index (χ2n) is 5.00. The highest BCUT2D eigenvalue weighted by Gasteiger charge is 2.26. The molecule has 0 saturated heterocycles. The van der Waals surface area contributed by atoms with E-state index in [2.05, 4.69) is 22.0 Å². The first-order valence-corrected chi connectivity index (χ1v) is 7.57. The number of fused-ring (bicyclic) bond motifs is 3. The van der Waals surface area contributed by atoms with E-state index in [1.807, 2.05) is 0 Å². The lowest BCUT2D eigenvalue weighted by Crippen LogP contribution is -2.21. The van der Waals surface area contributed by atoms with Crippen LogP contribution in [0.1, 0.15) is 29.4 Å². The lowest BCUT2D eigenvalue weighted by atomic mass is 9.88. The van der Waals surface area contributed by atoms with Gasteiger partial charge in [-0.15, -0.1) is 5.10 Å². The summed E-state index contributed by atoms with van der Waals surface area (Å²) >= 11 is 1.53. The number of hydrogen-bond donors (Lipinski definition) is 0. The first-order chi connectivity index (χ1) is 9.69. The molecule has 1 aliphatic rings. The molecule has 1 aliphatic carbocycles. The molecule has 0 bridgehead atoms. The molecule has 7 heteroatoms. The van der Waals surface area contributed by atoms with Crippen molar-refractivity contribution in [2.24, 2.45) is 5.92 Å². The summed E-state index contributed by atoms with van der Waals surface area (Å²) in [6.45, 7) is 2.74. The lowest BCUT2D eigenvalue weighted by Gasteiger charge is -2.19. The molecule has 20 heavy (non-hydrogen) atoms. The zero-order chi connectivity index (χ0) is 14.1. The molecule has 6 nitrogen and oxygen atoms in total. The van der Waals surface area contributed by atoms with Crippen molar-refractivity contribution in [3.63, 3.8) is 0 Å². The number of ketones is 1.